The van der Waals surface area contributed by atoms with Crippen molar-refractivity contribution in [2.75, 3.05) is 27.3 Å². The van der Waals surface area contributed by atoms with Gasteiger partial charge in [0.15, 0.2) is 12.2 Å². The van der Waals surface area contributed by atoms with Gasteiger partial charge in [0.1, 0.15) is 5.75 Å². The summed E-state index contributed by atoms with van der Waals surface area (Å²) in [4.78, 5) is 25.9. The highest BCUT2D eigenvalue weighted by atomic mass is 16.5. The number of rotatable bonds is 17. The van der Waals surface area contributed by atoms with Crippen molar-refractivity contribution in [1.29, 1.82) is 0 Å². The molecule has 2 unspecified atom stereocenters. The predicted molar refractivity (Wildman–Crippen MR) is 163 cm³/mol. The number of benzene rings is 3. The highest BCUT2D eigenvalue weighted by Gasteiger charge is 2.34. The molecule has 0 aliphatic rings. The third kappa shape index (κ3) is 9.87. The van der Waals surface area contributed by atoms with Gasteiger partial charge in [-0.15, -0.1) is 0 Å². The topological polar surface area (TPSA) is 96.3 Å². The number of hydrogen-bond donors (Lipinski definition) is 2. The number of aryl methyl sites for hydroxylation is 4. The maximum atomic E-state index is 13.0. The molecule has 0 fully saturated rings. The standard InChI is InChI=1S/C34H45NO6/c1-24-13-14-26(21-25(24)2)11-8-6-10-20-41-32(31(36)34(38)39)33(37)35(3)19-9-5-7-12-27-15-16-29-23-30(40-4)18-17-28(29)22-27/h13-18,21-23,31-32,36H,5-12,19-20H2,1-4H3,(H,38,39). The van der Waals surface area contributed by atoms with Crippen LogP contribution < -0.4 is 4.74 Å². The van der Waals surface area contributed by atoms with E-state index < -0.39 is 24.1 Å². The number of aliphatic hydroxyl groups is 1. The van der Waals surface area contributed by atoms with E-state index in [0.29, 0.717) is 13.0 Å². The van der Waals surface area contributed by atoms with Crippen molar-refractivity contribution < 1.29 is 29.3 Å². The summed E-state index contributed by atoms with van der Waals surface area (Å²) in [7, 11) is 3.30. The maximum Gasteiger partial charge on any atom is 0.335 e. The average molecular weight is 564 g/mol. The van der Waals surface area contributed by atoms with Gasteiger partial charge in [-0.1, -0.05) is 55.3 Å². The Bertz CT molecular complexity index is 1290. The van der Waals surface area contributed by atoms with Crippen LogP contribution in [-0.4, -0.2) is 66.5 Å². The molecule has 0 saturated heterocycles. The number of carbonyl (C=O) groups excluding carboxylic acids is 1. The lowest BCUT2D eigenvalue weighted by atomic mass is 10.0. The fraction of sp³-hybridized carbons (Fsp3) is 0.471. The fourth-order valence-corrected chi connectivity index (χ4v) is 4.94. The lowest BCUT2D eigenvalue weighted by Crippen LogP contribution is -2.48. The molecule has 0 radical (unpaired) electrons. The zero-order valence-electron chi connectivity index (χ0n) is 24.9. The Morgan fingerprint density at radius 2 is 1.44 bits per heavy atom. The lowest BCUT2D eigenvalue weighted by Gasteiger charge is -2.25. The van der Waals surface area contributed by atoms with Crippen LogP contribution in [0.5, 0.6) is 5.75 Å². The highest BCUT2D eigenvalue weighted by molar-refractivity contribution is 5.88. The van der Waals surface area contributed by atoms with Gasteiger partial charge < -0.3 is 24.6 Å². The zero-order chi connectivity index (χ0) is 29.8. The van der Waals surface area contributed by atoms with E-state index in [0.717, 1.165) is 56.1 Å². The molecular weight excluding hydrogens is 518 g/mol. The molecule has 0 bridgehead atoms. The van der Waals surface area contributed by atoms with Crippen molar-refractivity contribution in [2.45, 2.75) is 77.4 Å². The second kappa shape index (κ2) is 16.1. The summed E-state index contributed by atoms with van der Waals surface area (Å²) in [5.41, 5.74) is 5.12. The molecule has 1 amide bonds. The molecule has 0 aromatic heterocycles. The van der Waals surface area contributed by atoms with Crippen molar-refractivity contribution >= 4 is 22.6 Å². The molecular formula is C34H45NO6. The highest BCUT2D eigenvalue weighted by Crippen LogP contribution is 2.23. The molecule has 7 nitrogen and oxygen atoms in total. The number of aliphatic hydroxyl groups excluding tert-OH is 1. The van der Waals surface area contributed by atoms with Crippen molar-refractivity contribution in [1.82, 2.24) is 4.90 Å². The fourth-order valence-electron chi connectivity index (χ4n) is 4.94. The number of aliphatic carboxylic acids is 1. The lowest BCUT2D eigenvalue weighted by molar-refractivity contribution is -0.166. The Hall–Kier alpha value is -3.42. The van der Waals surface area contributed by atoms with Crippen LogP contribution in [0.4, 0.5) is 0 Å². The van der Waals surface area contributed by atoms with E-state index in [-0.39, 0.29) is 6.61 Å². The number of carbonyl (C=O) groups is 2. The number of carboxylic acid groups (broad SMARTS) is 1. The zero-order valence-corrected chi connectivity index (χ0v) is 24.9. The Morgan fingerprint density at radius 1 is 0.805 bits per heavy atom. The van der Waals surface area contributed by atoms with Crippen LogP contribution in [0.15, 0.2) is 54.6 Å². The molecule has 0 aliphatic heterocycles. The van der Waals surface area contributed by atoms with Crippen molar-refractivity contribution in [3.8, 4) is 5.75 Å². The Labute approximate surface area is 244 Å². The maximum absolute atomic E-state index is 13.0. The van der Waals surface area contributed by atoms with Crippen LogP contribution >= 0.6 is 0 Å². The van der Waals surface area contributed by atoms with Crippen molar-refractivity contribution in [2.24, 2.45) is 0 Å². The van der Waals surface area contributed by atoms with Gasteiger partial charge in [0.25, 0.3) is 5.91 Å². The van der Waals surface area contributed by atoms with Gasteiger partial charge in [0.05, 0.1) is 7.11 Å². The molecule has 0 spiro atoms. The summed E-state index contributed by atoms with van der Waals surface area (Å²) in [6.45, 7) is 4.90. The number of carboxylic acids is 1. The van der Waals surface area contributed by atoms with Crippen LogP contribution in [0.2, 0.25) is 0 Å². The quantitative estimate of drug-likeness (QED) is 0.199. The van der Waals surface area contributed by atoms with Gasteiger partial charge in [-0.25, -0.2) is 4.79 Å². The van der Waals surface area contributed by atoms with Crippen LogP contribution in [0.3, 0.4) is 0 Å². The smallest absolute Gasteiger partial charge is 0.335 e. The Kier molecular flexibility index (Phi) is 12.6. The summed E-state index contributed by atoms with van der Waals surface area (Å²) in [5.74, 6) is -1.11. The largest absolute Gasteiger partial charge is 0.497 e. The molecule has 0 saturated carbocycles. The molecule has 3 rings (SSSR count). The van der Waals surface area contributed by atoms with E-state index in [1.807, 2.05) is 12.1 Å². The minimum atomic E-state index is -1.90. The van der Waals surface area contributed by atoms with Gasteiger partial charge >= 0.3 is 5.97 Å². The number of likely N-dealkylation sites (N-methyl/N-ethyl adjacent to an activating group) is 1. The third-order valence-electron chi connectivity index (χ3n) is 7.71. The molecule has 0 aliphatic carbocycles. The number of methoxy groups -OCH3 is 1. The molecule has 0 heterocycles. The first-order valence-electron chi connectivity index (χ1n) is 14.6. The van der Waals surface area contributed by atoms with E-state index in [9.17, 15) is 19.8 Å². The van der Waals surface area contributed by atoms with E-state index in [1.165, 1.54) is 32.5 Å². The molecule has 7 heteroatoms. The van der Waals surface area contributed by atoms with E-state index in [2.05, 4.69) is 56.3 Å². The summed E-state index contributed by atoms with van der Waals surface area (Å²) in [6, 6.07) is 19.0. The van der Waals surface area contributed by atoms with Gasteiger partial charge in [-0.05, 0) is 97.5 Å². The summed E-state index contributed by atoms with van der Waals surface area (Å²) in [6.07, 6.45) is 3.82. The van der Waals surface area contributed by atoms with E-state index in [1.54, 1.807) is 14.2 Å². The number of nitrogens with zero attached hydrogens (tertiary/aromatic N) is 1. The predicted octanol–water partition coefficient (Wildman–Crippen LogP) is 5.88. The third-order valence-corrected chi connectivity index (χ3v) is 7.71. The molecule has 2 N–H and O–H groups in total. The summed E-state index contributed by atoms with van der Waals surface area (Å²) >= 11 is 0. The monoisotopic (exact) mass is 563 g/mol. The minimum Gasteiger partial charge on any atom is -0.497 e. The Morgan fingerprint density at radius 3 is 2.12 bits per heavy atom. The van der Waals surface area contributed by atoms with Crippen LogP contribution in [-0.2, 0) is 27.2 Å². The number of fused-ring (bicyclic) bond motifs is 1. The second-order valence-electron chi connectivity index (χ2n) is 10.9. The first-order valence-corrected chi connectivity index (χ1v) is 14.6. The van der Waals surface area contributed by atoms with Gasteiger partial charge in [-0.2, -0.15) is 0 Å². The molecule has 2 atom stereocenters. The van der Waals surface area contributed by atoms with Gasteiger partial charge in [0.2, 0.25) is 0 Å². The molecule has 3 aromatic rings. The SMILES string of the molecule is COc1ccc2cc(CCCCCN(C)C(=O)C(OCCCCCc3ccc(C)c(C)c3)C(O)C(=O)O)ccc2c1. The van der Waals surface area contributed by atoms with Crippen LogP contribution in [0.1, 0.15) is 60.8 Å². The molecule has 41 heavy (non-hydrogen) atoms. The van der Waals surface area contributed by atoms with Crippen LogP contribution in [0, 0.1) is 13.8 Å². The van der Waals surface area contributed by atoms with E-state index in [4.69, 9.17) is 9.47 Å². The Balaban J connectivity index is 1.38. The normalized spacial score (nSPS) is 12.7. The number of amides is 1. The minimum absolute atomic E-state index is 0.222. The first kappa shape index (κ1) is 32.1. The van der Waals surface area contributed by atoms with E-state index >= 15 is 0 Å². The molecule has 222 valence electrons. The van der Waals surface area contributed by atoms with Gasteiger partial charge in [-0.3, -0.25) is 4.79 Å². The average Bonchev–Trinajstić information content (AvgIpc) is 2.97. The number of ether oxygens (including phenoxy) is 2. The first-order chi connectivity index (χ1) is 19.7. The van der Waals surface area contributed by atoms with Gasteiger partial charge in [0, 0.05) is 20.2 Å². The summed E-state index contributed by atoms with van der Waals surface area (Å²) in [5, 5.41) is 21.8. The summed E-state index contributed by atoms with van der Waals surface area (Å²) < 4.78 is 10.9. The van der Waals surface area contributed by atoms with Crippen molar-refractivity contribution in [3.63, 3.8) is 0 Å². The van der Waals surface area contributed by atoms with Crippen LogP contribution in [0.25, 0.3) is 10.8 Å². The molecule has 3 aromatic carbocycles. The number of hydrogen-bond acceptors (Lipinski definition) is 5. The van der Waals surface area contributed by atoms with Crippen molar-refractivity contribution in [3.05, 3.63) is 76.9 Å². The number of unbranched alkanes of at least 4 members (excludes halogenated alkanes) is 4. The second-order valence-corrected chi connectivity index (χ2v) is 10.9.